The summed E-state index contributed by atoms with van der Waals surface area (Å²) in [5, 5.41) is 0. The standard InChI is InChI=1S/C18H39N3O/c1-6-7-8-13-18(22)21(16-11-9-14-19(2)3)17-12-10-15-20(4)5/h6-17H2,1-5H3. The molecule has 0 saturated carbocycles. The van der Waals surface area contributed by atoms with Crippen LogP contribution in [0, 0.1) is 0 Å². The molecule has 0 unspecified atom stereocenters. The Balaban J connectivity index is 4.09. The zero-order valence-corrected chi connectivity index (χ0v) is 15.7. The van der Waals surface area contributed by atoms with E-state index in [0.29, 0.717) is 5.91 Å². The third-order valence-corrected chi connectivity index (χ3v) is 3.91. The Bertz CT molecular complexity index is 251. The van der Waals surface area contributed by atoms with E-state index in [9.17, 15) is 4.79 Å². The third-order valence-electron chi connectivity index (χ3n) is 3.91. The monoisotopic (exact) mass is 313 g/mol. The van der Waals surface area contributed by atoms with Crippen molar-refractivity contribution in [2.75, 3.05) is 54.4 Å². The van der Waals surface area contributed by atoms with Crippen molar-refractivity contribution in [3.63, 3.8) is 0 Å². The first-order valence-electron chi connectivity index (χ1n) is 9.04. The van der Waals surface area contributed by atoms with E-state index in [1.807, 2.05) is 0 Å². The lowest BCUT2D eigenvalue weighted by molar-refractivity contribution is -0.131. The lowest BCUT2D eigenvalue weighted by Crippen LogP contribution is -2.33. The Morgan fingerprint density at radius 3 is 1.55 bits per heavy atom. The van der Waals surface area contributed by atoms with Gasteiger partial charge < -0.3 is 14.7 Å². The van der Waals surface area contributed by atoms with E-state index in [1.54, 1.807) is 0 Å². The molecule has 0 heterocycles. The van der Waals surface area contributed by atoms with Crippen LogP contribution < -0.4 is 0 Å². The van der Waals surface area contributed by atoms with E-state index in [1.165, 1.54) is 25.7 Å². The highest BCUT2D eigenvalue weighted by Crippen LogP contribution is 2.07. The number of amides is 1. The molecule has 0 spiro atoms. The van der Waals surface area contributed by atoms with Crippen LogP contribution in [-0.2, 0) is 4.79 Å². The van der Waals surface area contributed by atoms with Crippen LogP contribution >= 0.6 is 0 Å². The normalized spacial score (nSPS) is 11.4. The Labute approximate surface area is 138 Å². The fourth-order valence-corrected chi connectivity index (χ4v) is 2.51. The molecule has 4 nitrogen and oxygen atoms in total. The highest BCUT2D eigenvalue weighted by atomic mass is 16.2. The number of hydrogen-bond donors (Lipinski definition) is 0. The molecule has 0 aliphatic carbocycles. The Kier molecular flexibility index (Phi) is 13.6. The summed E-state index contributed by atoms with van der Waals surface area (Å²) in [6.45, 7) is 6.27. The number of hydrogen-bond acceptors (Lipinski definition) is 3. The molecule has 0 aliphatic heterocycles. The fraction of sp³-hybridized carbons (Fsp3) is 0.944. The third kappa shape index (κ3) is 13.1. The Morgan fingerprint density at radius 1 is 0.682 bits per heavy atom. The topological polar surface area (TPSA) is 26.8 Å². The van der Waals surface area contributed by atoms with Gasteiger partial charge in [-0.3, -0.25) is 4.79 Å². The molecular weight excluding hydrogens is 274 g/mol. The number of nitrogens with zero attached hydrogens (tertiary/aromatic N) is 3. The molecular formula is C18H39N3O. The van der Waals surface area contributed by atoms with Crippen LogP contribution in [0.25, 0.3) is 0 Å². The Morgan fingerprint density at radius 2 is 1.14 bits per heavy atom. The van der Waals surface area contributed by atoms with Crippen molar-refractivity contribution >= 4 is 5.91 Å². The van der Waals surface area contributed by atoms with Gasteiger partial charge in [0.2, 0.25) is 5.91 Å². The van der Waals surface area contributed by atoms with E-state index in [4.69, 9.17) is 0 Å². The second kappa shape index (κ2) is 14.0. The second-order valence-corrected chi connectivity index (χ2v) is 6.86. The summed E-state index contributed by atoms with van der Waals surface area (Å²) in [5.74, 6) is 0.364. The molecule has 132 valence electrons. The fourth-order valence-electron chi connectivity index (χ4n) is 2.51. The maximum absolute atomic E-state index is 12.4. The summed E-state index contributed by atoms with van der Waals surface area (Å²) in [4.78, 5) is 18.9. The van der Waals surface area contributed by atoms with E-state index in [2.05, 4.69) is 49.8 Å². The van der Waals surface area contributed by atoms with Gasteiger partial charge in [0.15, 0.2) is 0 Å². The minimum Gasteiger partial charge on any atom is -0.343 e. The predicted molar refractivity (Wildman–Crippen MR) is 96.3 cm³/mol. The molecule has 0 aromatic heterocycles. The largest absolute Gasteiger partial charge is 0.343 e. The zero-order chi connectivity index (χ0) is 16.8. The molecule has 0 atom stereocenters. The second-order valence-electron chi connectivity index (χ2n) is 6.86. The quantitative estimate of drug-likeness (QED) is 0.461. The van der Waals surface area contributed by atoms with Gasteiger partial charge in [-0.25, -0.2) is 0 Å². The first kappa shape index (κ1) is 21.4. The van der Waals surface area contributed by atoms with Gasteiger partial charge >= 0.3 is 0 Å². The average Bonchev–Trinajstić information content (AvgIpc) is 2.45. The molecule has 22 heavy (non-hydrogen) atoms. The number of rotatable bonds is 14. The molecule has 0 rings (SSSR count). The van der Waals surface area contributed by atoms with Gasteiger partial charge in [0.05, 0.1) is 0 Å². The van der Waals surface area contributed by atoms with Crippen molar-refractivity contribution in [1.82, 2.24) is 14.7 Å². The van der Waals surface area contributed by atoms with Gasteiger partial charge in [-0.2, -0.15) is 0 Å². The van der Waals surface area contributed by atoms with Gasteiger partial charge in [0, 0.05) is 19.5 Å². The van der Waals surface area contributed by atoms with Gasteiger partial charge in [0.25, 0.3) is 0 Å². The maximum Gasteiger partial charge on any atom is 0.222 e. The molecule has 0 aromatic carbocycles. The summed E-state index contributed by atoms with van der Waals surface area (Å²) >= 11 is 0. The van der Waals surface area contributed by atoms with Crippen LogP contribution in [0.3, 0.4) is 0 Å². The highest BCUT2D eigenvalue weighted by molar-refractivity contribution is 5.76. The van der Waals surface area contributed by atoms with Crippen molar-refractivity contribution < 1.29 is 4.79 Å². The van der Waals surface area contributed by atoms with Crippen LogP contribution in [0.5, 0.6) is 0 Å². The van der Waals surface area contributed by atoms with Crippen molar-refractivity contribution in [2.45, 2.75) is 58.3 Å². The van der Waals surface area contributed by atoms with Crippen molar-refractivity contribution in [3.8, 4) is 0 Å². The average molecular weight is 314 g/mol. The predicted octanol–water partition coefficient (Wildman–Crippen LogP) is 3.08. The van der Waals surface area contributed by atoms with Gasteiger partial charge in [-0.05, 0) is 73.4 Å². The van der Waals surface area contributed by atoms with Crippen molar-refractivity contribution in [1.29, 1.82) is 0 Å². The minimum absolute atomic E-state index is 0.364. The zero-order valence-electron chi connectivity index (χ0n) is 15.7. The summed E-state index contributed by atoms with van der Waals surface area (Å²) in [7, 11) is 8.42. The first-order valence-corrected chi connectivity index (χ1v) is 9.04. The highest BCUT2D eigenvalue weighted by Gasteiger charge is 2.12. The molecule has 0 bridgehead atoms. The molecule has 0 aromatic rings. The van der Waals surface area contributed by atoms with Crippen molar-refractivity contribution in [3.05, 3.63) is 0 Å². The van der Waals surface area contributed by atoms with Gasteiger partial charge in [0.1, 0.15) is 0 Å². The number of unbranched alkanes of at least 4 members (excludes halogenated alkanes) is 4. The SMILES string of the molecule is CCCCCC(=O)N(CCCCN(C)C)CCCCN(C)C. The Hall–Kier alpha value is -0.610. The molecule has 0 saturated heterocycles. The molecule has 1 amide bonds. The van der Waals surface area contributed by atoms with Gasteiger partial charge in [-0.15, -0.1) is 0 Å². The number of carbonyl (C=O) groups is 1. The molecule has 0 N–H and O–H groups in total. The van der Waals surface area contributed by atoms with Crippen LogP contribution in [0.2, 0.25) is 0 Å². The van der Waals surface area contributed by atoms with Crippen LogP contribution in [0.15, 0.2) is 0 Å². The van der Waals surface area contributed by atoms with Crippen LogP contribution in [0.4, 0.5) is 0 Å². The van der Waals surface area contributed by atoms with Crippen LogP contribution in [-0.4, -0.2) is 75.0 Å². The smallest absolute Gasteiger partial charge is 0.222 e. The van der Waals surface area contributed by atoms with Gasteiger partial charge in [-0.1, -0.05) is 19.8 Å². The summed E-state index contributed by atoms with van der Waals surface area (Å²) in [5.41, 5.74) is 0. The first-order chi connectivity index (χ1) is 10.5. The minimum atomic E-state index is 0.364. The van der Waals surface area contributed by atoms with E-state index in [0.717, 1.165) is 51.9 Å². The van der Waals surface area contributed by atoms with E-state index < -0.39 is 0 Å². The van der Waals surface area contributed by atoms with E-state index in [-0.39, 0.29) is 0 Å². The van der Waals surface area contributed by atoms with E-state index >= 15 is 0 Å². The molecule has 0 radical (unpaired) electrons. The maximum atomic E-state index is 12.4. The number of carbonyl (C=O) groups excluding carboxylic acids is 1. The summed E-state index contributed by atoms with van der Waals surface area (Å²) in [6, 6.07) is 0. The lowest BCUT2D eigenvalue weighted by atomic mass is 10.1. The molecule has 0 aliphatic rings. The summed E-state index contributed by atoms with van der Waals surface area (Å²) in [6.07, 6.45) is 8.69. The molecule has 0 fully saturated rings. The molecule has 4 heteroatoms. The lowest BCUT2D eigenvalue weighted by Gasteiger charge is -2.23. The summed E-state index contributed by atoms with van der Waals surface area (Å²) < 4.78 is 0. The van der Waals surface area contributed by atoms with Crippen LogP contribution in [0.1, 0.15) is 58.3 Å². The van der Waals surface area contributed by atoms with Crippen molar-refractivity contribution in [2.24, 2.45) is 0 Å².